The van der Waals surface area contributed by atoms with Crippen LogP contribution >= 0.6 is 12.2 Å². The first-order valence-electron chi connectivity index (χ1n) is 8.21. The molecule has 27 heavy (non-hydrogen) atoms. The lowest BCUT2D eigenvalue weighted by Gasteiger charge is -2.14. The van der Waals surface area contributed by atoms with E-state index in [1.165, 1.54) is 25.5 Å². The molecule has 8 heteroatoms. The van der Waals surface area contributed by atoms with Crippen molar-refractivity contribution in [1.29, 1.82) is 0 Å². The van der Waals surface area contributed by atoms with E-state index in [9.17, 15) is 9.59 Å². The van der Waals surface area contributed by atoms with Crippen LogP contribution in [0, 0.1) is 5.92 Å². The van der Waals surface area contributed by atoms with Crippen molar-refractivity contribution in [1.82, 2.24) is 5.32 Å². The Hall–Kier alpha value is -3.13. The normalized spacial score (nSPS) is 10.7. The maximum absolute atomic E-state index is 11.9. The molecule has 0 bridgehead atoms. The maximum Gasteiger partial charge on any atom is 0.250 e. The third-order valence-electron chi connectivity index (χ3n) is 3.42. The summed E-state index contributed by atoms with van der Waals surface area (Å²) in [6.07, 6.45) is 4.37. The van der Waals surface area contributed by atoms with Crippen LogP contribution in [0.5, 0.6) is 5.75 Å². The van der Waals surface area contributed by atoms with Crippen LogP contribution in [0.15, 0.2) is 47.1 Å². The molecule has 3 N–H and O–H groups in total. The zero-order valence-corrected chi connectivity index (χ0v) is 16.1. The van der Waals surface area contributed by atoms with Crippen molar-refractivity contribution in [3.63, 3.8) is 0 Å². The predicted octanol–water partition coefficient (Wildman–Crippen LogP) is 3.41. The molecule has 0 aliphatic carbocycles. The van der Waals surface area contributed by atoms with E-state index in [1.54, 1.807) is 44.2 Å². The molecule has 2 rings (SSSR count). The van der Waals surface area contributed by atoms with Gasteiger partial charge in [-0.3, -0.25) is 14.9 Å². The highest BCUT2D eigenvalue weighted by Gasteiger charge is 2.12. The number of methoxy groups -OCH3 is 1. The summed E-state index contributed by atoms with van der Waals surface area (Å²) in [5.41, 5.74) is 1.16. The summed E-state index contributed by atoms with van der Waals surface area (Å²) in [5, 5.41) is 8.35. The van der Waals surface area contributed by atoms with E-state index >= 15 is 0 Å². The summed E-state index contributed by atoms with van der Waals surface area (Å²) in [6, 6.07) is 8.54. The molecule has 0 aliphatic rings. The molecular weight excluding hydrogens is 366 g/mol. The van der Waals surface area contributed by atoms with Gasteiger partial charge in [0.25, 0.3) is 0 Å². The Morgan fingerprint density at radius 1 is 1.22 bits per heavy atom. The van der Waals surface area contributed by atoms with Crippen LogP contribution in [0.4, 0.5) is 11.4 Å². The number of carbonyl (C=O) groups excluding carboxylic acids is 2. The van der Waals surface area contributed by atoms with E-state index < -0.39 is 5.91 Å². The molecule has 0 saturated carbocycles. The van der Waals surface area contributed by atoms with Crippen LogP contribution in [0.3, 0.4) is 0 Å². The number of furan rings is 1. The molecule has 1 heterocycles. The molecule has 142 valence electrons. The molecule has 0 saturated heterocycles. The van der Waals surface area contributed by atoms with E-state index in [-0.39, 0.29) is 16.9 Å². The molecule has 0 atom stereocenters. The van der Waals surface area contributed by atoms with E-state index in [0.717, 1.165) is 0 Å². The first-order valence-corrected chi connectivity index (χ1v) is 8.62. The highest BCUT2D eigenvalue weighted by molar-refractivity contribution is 7.80. The van der Waals surface area contributed by atoms with Crippen molar-refractivity contribution in [3.05, 3.63) is 48.4 Å². The third-order valence-corrected chi connectivity index (χ3v) is 3.62. The van der Waals surface area contributed by atoms with Crippen LogP contribution in [-0.2, 0) is 9.59 Å². The summed E-state index contributed by atoms with van der Waals surface area (Å²) >= 11 is 5.13. The van der Waals surface area contributed by atoms with Gasteiger partial charge in [0.05, 0.1) is 19.1 Å². The number of hydrogen-bond donors (Lipinski definition) is 3. The van der Waals surface area contributed by atoms with Gasteiger partial charge in [0, 0.05) is 23.7 Å². The number of hydrogen-bond acceptors (Lipinski definition) is 5. The first-order chi connectivity index (χ1) is 12.9. The molecule has 2 aromatic rings. The summed E-state index contributed by atoms with van der Waals surface area (Å²) in [4.78, 5) is 23.7. The predicted molar refractivity (Wildman–Crippen MR) is 109 cm³/mol. The number of anilines is 2. The Morgan fingerprint density at radius 3 is 2.63 bits per heavy atom. The second kappa shape index (κ2) is 9.54. The molecule has 0 fully saturated rings. The molecule has 0 aliphatic heterocycles. The number of thiocarbonyl (C=S) groups is 1. The second-order valence-corrected chi connectivity index (χ2v) is 6.26. The Kier molecular flexibility index (Phi) is 7.13. The van der Waals surface area contributed by atoms with E-state index in [4.69, 9.17) is 21.4 Å². The van der Waals surface area contributed by atoms with Gasteiger partial charge in [-0.05, 0) is 42.6 Å². The lowest BCUT2D eigenvalue weighted by atomic mass is 10.2. The largest absolute Gasteiger partial charge is 0.494 e. The molecule has 0 radical (unpaired) electrons. The summed E-state index contributed by atoms with van der Waals surface area (Å²) < 4.78 is 10.4. The third kappa shape index (κ3) is 6.27. The number of benzene rings is 1. The van der Waals surface area contributed by atoms with Crippen LogP contribution in [0.2, 0.25) is 0 Å². The maximum atomic E-state index is 11.9. The number of carbonyl (C=O) groups is 2. The molecular formula is C19H21N3O4S. The first kappa shape index (κ1) is 20.2. The number of ether oxygens (including phenoxy) is 1. The van der Waals surface area contributed by atoms with Crippen LogP contribution in [0.1, 0.15) is 19.6 Å². The minimum atomic E-state index is -0.392. The van der Waals surface area contributed by atoms with Crippen molar-refractivity contribution in [2.24, 2.45) is 5.92 Å². The van der Waals surface area contributed by atoms with Gasteiger partial charge in [-0.1, -0.05) is 13.8 Å². The van der Waals surface area contributed by atoms with Gasteiger partial charge in [0.2, 0.25) is 11.8 Å². The van der Waals surface area contributed by atoms with Gasteiger partial charge in [0.15, 0.2) is 5.11 Å². The summed E-state index contributed by atoms with van der Waals surface area (Å²) in [7, 11) is 1.50. The SMILES string of the molecule is COc1cc(NC(=S)NC(=O)/C=C/c2ccco2)ccc1NC(=O)C(C)C. The Morgan fingerprint density at radius 2 is 2.00 bits per heavy atom. The molecule has 7 nitrogen and oxygen atoms in total. The average Bonchev–Trinajstić information content (AvgIpc) is 3.14. The van der Waals surface area contributed by atoms with E-state index in [0.29, 0.717) is 22.9 Å². The van der Waals surface area contributed by atoms with Gasteiger partial charge in [-0.15, -0.1) is 0 Å². The van der Waals surface area contributed by atoms with Gasteiger partial charge in [-0.25, -0.2) is 0 Å². The summed E-state index contributed by atoms with van der Waals surface area (Å²) in [5.74, 6) is 0.384. The topological polar surface area (TPSA) is 92.6 Å². The van der Waals surface area contributed by atoms with Crippen LogP contribution in [0.25, 0.3) is 6.08 Å². The smallest absolute Gasteiger partial charge is 0.250 e. The minimum Gasteiger partial charge on any atom is -0.494 e. The molecule has 0 unspecified atom stereocenters. The standard InChI is InChI=1S/C19H21N3O4S/c1-12(2)18(24)21-15-8-6-13(11-16(15)25-3)20-19(27)22-17(23)9-7-14-5-4-10-26-14/h4-12H,1-3H3,(H,21,24)(H2,20,22,23,27)/b9-7+. The number of amides is 2. The fourth-order valence-corrected chi connectivity index (χ4v) is 2.23. The van der Waals surface area contributed by atoms with Crippen molar-refractivity contribution in [2.45, 2.75) is 13.8 Å². The molecule has 0 spiro atoms. The lowest BCUT2D eigenvalue weighted by molar-refractivity contribution is -0.119. The van der Waals surface area contributed by atoms with Gasteiger partial charge >= 0.3 is 0 Å². The molecule has 2 amide bonds. The van der Waals surface area contributed by atoms with E-state index in [1.807, 2.05) is 0 Å². The molecule has 1 aromatic carbocycles. The van der Waals surface area contributed by atoms with Gasteiger partial charge in [0.1, 0.15) is 11.5 Å². The van der Waals surface area contributed by atoms with Crippen LogP contribution in [-0.4, -0.2) is 24.0 Å². The van der Waals surface area contributed by atoms with E-state index in [2.05, 4.69) is 16.0 Å². The highest BCUT2D eigenvalue weighted by atomic mass is 32.1. The Labute approximate surface area is 162 Å². The minimum absolute atomic E-state index is 0.111. The zero-order valence-electron chi connectivity index (χ0n) is 15.2. The Bertz CT molecular complexity index is 845. The van der Waals surface area contributed by atoms with Gasteiger partial charge < -0.3 is 19.8 Å². The quantitative estimate of drug-likeness (QED) is 0.520. The van der Waals surface area contributed by atoms with Crippen molar-refractivity contribution < 1.29 is 18.7 Å². The highest BCUT2D eigenvalue weighted by Crippen LogP contribution is 2.28. The lowest BCUT2D eigenvalue weighted by Crippen LogP contribution is -2.32. The fourth-order valence-electron chi connectivity index (χ4n) is 2.01. The van der Waals surface area contributed by atoms with Crippen molar-refractivity contribution in [2.75, 3.05) is 17.7 Å². The number of rotatable bonds is 6. The average molecular weight is 387 g/mol. The van der Waals surface area contributed by atoms with Crippen molar-refractivity contribution >= 4 is 46.6 Å². The summed E-state index contributed by atoms with van der Waals surface area (Å²) in [6.45, 7) is 3.61. The monoisotopic (exact) mass is 387 g/mol. The van der Waals surface area contributed by atoms with Crippen LogP contribution < -0.4 is 20.7 Å². The van der Waals surface area contributed by atoms with Gasteiger partial charge in [-0.2, -0.15) is 0 Å². The fraction of sp³-hybridized carbons (Fsp3) is 0.211. The number of nitrogens with one attached hydrogen (secondary N) is 3. The zero-order chi connectivity index (χ0) is 19.8. The van der Waals surface area contributed by atoms with Crippen molar-refractivity contribution in [3.8, 4) is 5.75 Å². The second-order valence-electron chi connectivity index (χ2n) is 5.85. The Balaban J connectivity index is 1.96. The molecule has 1 aromatic heterocycles.